The number of nitrogens with one attached hydrogen (secondary N) is 2. The SMILES string of the molecule is C/C=C/c1cc(Nc2nc(/C=C/c3cccc(Cl)c3)nc(N(C)C)n2)n[nH]1. The zero-order valence-corrected chi connectivity index (χ0v) is 16.1. The minimum atomic E-state index is 0.415. The van der Waals surface area contributed by atoms with Crippen LogP contribution >= 0.6 is 11.6 Å². The highest BCUT2D eigenvalue weighted by Gasteiger charge is 2.08. The van der Waals surface area contributed by atoms with Crippen LogP contribution in [0.1, 0.15) is 24.0 Å². The number of H-pyrrole nitrogens is 1. The molecule has 2 heterocycles. The van der Waals surface area contributed by atoms with E-state index in [1.807, 2.05) is 80.6 Å². The molecule has 0 aliphatic heterocycles. The lowest BCUT2D eigenvalue weighted by Crippen LogP contribution is -2.15. The molecule has 27 heavy (non-hydrogen) atoms. The Morgan fingerprint density at radius 1 is 1.07 bits per heavy atom. The molecule has 0 spiro atoms. The predicted octanol–water partition coefficient (Wildman–Crippen LogP) is 4.26. The Morgan fingerprint density at radius 2 is 1.93 bits per heavy atom. The third-order valence-electron chi connectivity index (χ3n) is 3.50. The number of rotatable bonds is 6. The zero-order chi connectivity index (χ0) is 19.2. The molecule has 3 aromatic rings. The first-order valence-electron chi connectivity index (χ1n) is 8.35. The Kier molecular flexibility index (Phi) is 5.83. The summed E-state index contributed by atoms with van der Waals surface area (Å²) in [6.07, 6.45) is 7.59. The van der Waals surface area contributed by atoms with E-state index in [2.05, 4.69) is 30.5 Å². The summed E-state index contributed by atoms with van der Waals surface area (Å²) in [4.78, 5) is 15.1. The van der Waals surface area contributed by atoms with Crippen molar-refractivity contribution in [2.45, 2.75) is 6.92 Å². The maximum Gasteiger partial charge on any atom is 0.233 e. The van der Waals surface area contributed by atoms with Crippen LogP contribution in [0.4, 0.5) is 17.7 Å². The summed E-state index contributed by atoms with van der Waals surface area (Å²) in [5, 5.41) is 10.9. The third-order valence-corrected chi connectivity index (χ3v) is 3.73. The largest absolute Gasteiger partial charge is 0.347 e. The monoisotopic (exact) mass is 381 g/mol. The highest BCUT2D eigenvalue weighted by atomic mass is 35.5. The Morgan fingerprint density at radius 3 is 2.67 bits per heavy atom. The average Bonchev–Trinajstić information content (AvgIpc) is 3.07. The van der Waals surface area contributed by atoms with Crippen LogP contribution in [-0.2, 0) is 0 Å². The lowest BCUT2D eigenvalue weighted by atomic mass is 10.2. The van der Waals surface area contributed by atoms with Crippen LogP contribution in [0.5, 0.6) is 0 Å². The van der Waals surface area contributed by atoms with Crippen LogP contribution in [0.3, 0.4) is 0 Å². The van der Waals surface area contributed by atoms with Gasteiger partial charge in [-0.25, -0.2) is 0 Å². The van der Waals surface area contributed by atoms with Gasteiger partial charge in [-0.1, -0.05) is 35.9 Å². The van der Waals surface area contributed by atoms with Gasteiger partial charge in [-0.3, -0.25) is 5.10 Å². The number of anilines is 3. The van der Waals surface area contributed by atoms with Crippen LogP contribution in [0.25, 0.3) is 18.2 Å². The van der Waals surface area contributed by atoms with Crippen molar-refractivity contribution in [3.8, 4) is 0 Å². The van der Waals surface area contributed by atoms with Gasteiger partial charge in [0.2, 0.25) is 11.9 Å². The summed E-state index contributed by atoms with van der Waals surface area (Å²) in [7, 11) is 3.75. The number of hydrogen-bond acceptors (Lipinski definition) is 6. The fourth-order valence-corrected chi connectivity index (χ4v) is 2.47. The molecule has 138 valence electrons. The standard InChI is InChI=1S/C19H20ClN7/c1-4-6-15-12-17(26-25-15)22-18-21-16(23-19(24-18)27(2)3)10-9-13-7-5-8-14(20)11-13/h4-12H,1-3H3,(H2,21,22,23,24,25,26)/b6-4+,10-9+. The fraction of sp³-hybridized carbons (Fsp3) is 0.158. The van der Waals surface area contributed by atoms with Gasteiger partial charge in [0.05, 0.1) is 5.69 Å². The molecule has 0 aliphatic carbocycles. The minimum absolute atomic E-state index is 0.415. The van der Waals surface area contributed by atoms with E-state index in [1.54, 1.807) is 0 Å². The molecule has 0 bridgehead atoms. The van der Waals surface area contributed by atoms with E-state index in [1.165, 1.54) is 0 Å². The lowest BCUT2D eigenvalue weighted by molar-refractivity contribution is 0.948. The number of hydrogen-bond donors (Lipinski definition) is 2. The highest BCUT2D eigenvalue weighted by Crippen LogP contribution is 2.17. The molecule has 0 unspecified atom stereocenters. The molecule has 7 nitrogen and oxygen atoms in total. The quantitative estimate of drug-likeness (QED) is 0.663. The van der Waals surface area contributed by atoms with Gasteiger partial charge in [-0.15, -0.1) is 0 Å². The molecule has 0 fully saturated rings. The van der Waals surface area contributed by atoms with Gasteiger partial charge in [-0.2, -0.15) is 20.1 Å². The van der Waals surface area contributed by atoms with Gasteiger partial charge >= 0.3 is 0 Å². The highest BCUT2D eigenvalue weighted by molar-refractivity contribution is 6.30. The number of aromatic nitrogens is 5. The summed E-state index contributed by atoms with van der Waals surface area (Å²) in [6.45, 7) is 1.95. The molecule has 8 heteroatoms. The Bertz CT molecular complexity index is 976. The van der Waals surface area contributed by atoms with E-state index < -0.39 is 0 Å². The van der Waals surface area contributed by atoms with Crippen molar-refractivity contribution < 1.29 is 0 Å². The smallest absolute Gasteiger partial charge is 0.233 e. The molecule has 1 aromatic carbocycles. The number of benzene rings is 1. The first-order valence-corrected chi connectivity index (χ1v) is 8.73. The summed E-state index contributed by atoms with van der Waals surface area (Å²) in [6, 6.07) is 9.44. The normalized spacial score (nSPS) is 11.4. The van der Waals surface area contributed by atoms with Gasteiger partial charge in [0.25, 0.3) is 0 Å². The van der Waals surface area contributed by atoms with Gasteiger partial charge in [0, 0.05) is 25.2 Å². The van der Waals surface area contributed by atoms with Crippen LogP contribution in [0.15, 0.2) is 36.4 Å². The minimum Gasteiger partial charge on any atom is -0.347 e. The van der Waals surface area contributed by atoms with E-state index >= 15 is 0 Å². The van der Waals surface area contributed by atoms with Crippen LogP contribution in [-0.4, -0.2) is 39.2 Å². The van der Waals surface area contributed by atoms with Gasteiger partial charge in [0.1, 0.15) is 0 Å². The van der Waals surface area contributed by atoms with Crippen molar-refractivity contribution in [2.24, 2.45) is 0 Å². The predicted molar refractivity (Wildman–Crippen MR) is 111 cm³/mol. The Hall–Kier alpha value is -3.19. The van der Waals surface area contributed by atoms with Crippen molar-refractivity contribution >= 4 is 47.5 Å². The van der Waals surface area contributed by atoms with Gasteiger partial charge in [0.15, 0.2) is 11.6 Å². The molecule has 0 saturated carbocycles. The second kappa shape index (κ2) is 8.46. The van der Waals surface area contributed by atoms with Crippen molar-refractivity contribution in [1.29, 1.82) is 0 Å². The summed E-state index contributed by atoms with van der Waals surface area (Å²) >= 11 is 6.03. The molecule has 2 N–H and O–H groups in total. The molecular weight excluding hydrogens is 362 g/mol. The summed E-state index contributed by atoms with van der Waals surface area (Å²) in [5.74, 6) is 2.12. The third kappa shape index (κ3) is 5.15. The Labute approximate surface area is 162 Å². The van der Waals surface area contributed by atoms with Crippen LogP contribution < -0.4 is 10.2 Å². The van der Waals surface area contributed by atoms with Crippen LogP contribution in [0.2, 0.25) is 5.02 Å². The molecular formula is C19H20ClN7. The second-order valence-electron chi connectivity index (χ2n) is 5.93. The van der Waals surface area contributed by atoms with E-state index in [0.29, 0.717) is 28.6 Å². The summed E-state index contributed by atoms with van der Waals surface area (Å²) < 4.78 is 0. The fourth-order valence-electron chi connectivity index (χ4n) is 2.27. The maximum absolute atomic E-state index is 6.03. The maximum atomic E-state index is 6.03. The van der Waals surface area contributed by atoms with Crippen LogP contribution in [0, 0.1) is 0 Å². The first kappa shape index (κ1) is 18.6. The molecule has 0 radical (unpaired) electrons. The number of nitrogens with zero attached hydrogens (tertiary/aromatic N) is 5. The first-order chi connectivity index (χ1) is 13.0. The van der Waals surface area contributed by atoms with Crippen molar-refractivity contribution in [3.63, 3.8) is 0 Å². The van der Waals surface area contributed by atoms with Gasteiger partial charge < -0.3 is 10.2 Å². The van der Waals surface area contributed by atoms with Gasteiger partial charge in [-0.05, 0) is 36.8 Å². The Balaban J connectivity index is 1.87. The zero-order valence-electron chi connectivity index (χ0n) is 15.3. The molecule has 0 aliphatic rings. The number of halogens is 1. The van der Waals surface area contributed by atoms with E-state index in [-0.39, 0.29) is 0 Å². The van der Waals surface area contributed by atoms with Crippen molar-refractivity contribution in [1.82, 2.24) is 25.1 Å². The molecule has 3 rings (SSSR count). The van der Waals surface area contributed by atoms with E-state index in [4.69, 9.17) is 11.6 Å². The van der Waals surface area contributed by atoms with Crippen molar-refractivity contribution in [2.75, 3.05) is 24.3 Å². The number of aromatic amines is 1. The van der Waals surface area contributed by atoms with Crippen molar-refractivity contribution in [3.05, 3.63) is 58.5 Å². The van der Waals surface area contributed by atoms with E-state index in [0.717, 1.165) is 11.3 Å². The number of allylic oxidation sites excluding steroid dienone is 1. The second-order valence-corrected chi connectivity index (χ2v) is 6.37. The summed E-state index contributed by atoms with van der Waals surface area (Å²) in [5.41, 5.74) is 1.86. The lowest BCUT2D eigenvalue weighted by Gasteiger charge is -2.11. The molecule has 0 atom stereocenters. The molecule has 2 aromatic heterocycles. The van der Waals surface area contributed by atoms with E-state index in [9.17, 15) is 0 Å². The molecule has 0 saturated heterocycles. The topological polar surface area (TPSA) is 82.6 Å². The average molecular weight is 382 g/mol. The molecule has 0 amide bonds.